The number of piperidine rings is 1. The van der Waals surface area contributed by atoms with Gasteiger partial charge in [0.15, 0.2) is 0 Å². The third-order valence-corrected chi connectivity index (χ3v) is 4.89. The van der Waals surface area contributed by atoms with E-state index >= 15 is 0 Å². The largest absolute Gasteiger partial charge is 0.444 e. The summed E-state index contributed by atoms with van der Waals surface area (Å²) in [5.41, 5.74) is 1.75. The monoisotopic (exact) mass is 419 g/mol. The number of aromatic nitrogens is 1. The summed E-state index contributed by atoms with van der Waals surface area (Å²) in [5, 5.41) is 2.97. The number of rotatable bonds is 3. The van der Waals surface area contributed by atoms with Crippen molar-refractivity contribution in [3.63, 3.8) is 0 Å². The molecule has 1 aromatic carbocycles. The molecule has 2 heterocycles. The van der Waals surface area contributed by atoms with Crippen LogP contribution in [-0.2, 0) is 9.53 Å². The molecular formula is C25H29N3O3. The van der Waals surface area contributed by atoms with Crippen LogP contribution in [0.25, 0.3) is 0 Å². The van der Waals surface area contributed by atoms with Gasteiger partial charge in [0.2, 0.25) is 5.91 Å². The van der Waals surface area contributed by atoms with Crippen LogP contribution in [0.1, 0.15) is 51.3 Å². The predicted octanol–water partition coefficient (Wildman–Crippen LogP) is 4.46. The van der Waals surface area contributed by atoms with E-state index in [2.05, 4.69) is 22.1 Å². The molecule has 0 bridgehead atoms. The molecule has 0 saturated carbocycles. The van der Waals surface area contributed by atoms with Crippen molar-refractivity contribution in [2.75, 3.05) is 18.4 Å². The number of carbonyl (C=O) groups is 2. The zero-order valence-corrected chi connectivity index (χ0v) is 18.4. The number of ether oxygens (including phenoxy) is 1. The van der Waals surface area contributed by atoms with Crippen LogP contribution in [0.4, 0.5) is 10.5 Å². The fraction of sp³-hybridized carbons (Fsp3) is 0.400. The molecule has 0 radical (unpaired) electrons. The van der Waals surface area contributed by atoms with Gasteiger partial charge >= 0.3 is 6.09 Å². The molecule has 1 aromatic heterocycles. The Morgan fingerprint density at radius 1 is 1.13 bits per heavy atom. The van der Waals surface area contributed by atoms with Gasteiger partial charge in [0.1, 0.15) is 11.3 Å². The lowest BCUT2D eigenvalue weighted by Crippen LogP contribution is -2.42. The number of nitrogens with one attached hydrogen (secondary N) is 1. The topological polar surface area (TPSA) is 71.5 Å². The lowest BCUT2D eigenvalue weighted by molar-refractivity contribution is -0.117. The van der Waals surface area contributed by atoms with E-state index in [1.165, 1.54) is 0 Å². The molecule has 1 aliphatic heterocycles. The van der Waals surface area contributed by atoms with Crippen molar-refractivity contribution in [2.24, 2.45) is 5.92 Å². The van der Waals surface area contributed by atoms with Gasteiger partial charge in [-0.1, -0.05) is 18.1 Å². The maximum atomic E-state index is 12.5. The minimum Gasteiger partial charge on any atom is -0.444 e. The van der Waals surface area contributed by atoms with Crippen LogP contribution in [-0.4, -0.2) is 40.6 Å². The van der Waals surface area contributed by atoms with Gasteiger partial charge in [-0.25, -0.2) is 9.78 Å². The van der Waals surface area contributed by atoms with Crippen LogP contribution in [0, 0.1) is 17.8 Å². The Kier molecular flexibility index (Phi) is 7.30. The van der Waals surface area contributed by atoms with Crippen molar-refractivity contribution in [1.82, 2.24) is 9.88 Å². The highest BCUT2D eigenvalue weighted by Crippen LogP contribution is 2.23. The van der Waals surface area contributed by atoms with Gasteiger partial charge in [-0.05, 0) is 75.8 Å². The van der Waals surface area contributed by atoms with Crippen molar-refractivity contribution < 1.29 is 14.3 Å². The average molecular weight is 420 g/mol. The Hall–Kier alpha value is -3.33. The van der Waals surface area contributed by atoms with Crippen LogP contribution in [0.3, 0.4) is 0 Å². The van der Waals surface area contributed by atoms with Crippen LogP contribution in [0.2, 0.25) is 0 Å². The fourth-order valence-electron chi connectivity index (χ4n) is 3.37. The Balaban J connectivity index is 1.48. The van der Waals surface area contributed by atoms with E-state index in [1.54, 1.807) is 11.1 Å². The van der Waals surface area contributed by atoms with E-state index in [4.69, 9.17) is 4.74 Å². The van der Waals surface area contributed by atoms with E-state index < -0.39 is 5.60 Å². The van der Waals surface area contributed by atoms with Gasteiger partial charge in [-0.3, -0.25) is 4.79 Å². The van der Waals surface area contributed by atoms with Crippen LogP contribution in [0.5, 0.6) is 0 Å². The van der Waals surface area contributed by atoms with Crippen molar-refractivity contribution in [3.05, 3.63) is 59.9 Å². The minimum atomic E-state index is -0.496. The number of hydrogen-bond acceptors (Lipinski definition) is 4. The Labute approximate surface area is 184 Å². The van der Waals surface area contributed by atoms with Gasteiger partial charge in [0.25, 0.3) is 0 Å². The molecule has 0 spiro atoms. The summed E-state index contributed by atoms with van der Waals surface area (Å²) in [6.07, 6.45) is 3.45. The summed E-state index contributed by atoms with van der Waals surface area (Å²) in [7, 11) is 0. The second-order valence-corrected chi connectivity index (χ2v) is 8.71. The summed E-state index contributed by atoms with van der Waals surface area (Å²) < 4.78 is 5.42. The molecule has 1 fully saturated rings. The minimum absolute atomic E-state index is 0.0226. The highest BCUT2D eigenvalue weighted by atomic mass is 16.6. The molecule has 3 rings (SSSR count). The predicted molar refractivity (Wildman–Crippen MR) is 120 cm³/mol. The maximum Gasteiger partial charge on any atom is 0.410 e. The summed E-state index contributed by atoms with van der Waals surface area (Å²) in [4.78, 5) is 30.6. The van der Waals surface area contributed by atoms with Crippen LogP contribution < -0.4 is 5.32 Å². The van der Waals surface area contributed by atoms with E-state index in [1.807, 2.05) is 63.2 Å². The van der Waals surface area contributed by atoms with Gasteiger partial charge in [-0.2, -0.15) is 0 Å². The quantitative estimate of drug-likeness (QED) is 0.746. The molecule has 6 heteroatoms. The third-order valence-electron chi connectivity index (χ3n) is 4.89. The molecule has 0 unspecified atom stereocenters. The molecule has 1 saturated heterocycles. The number of nitrogens with zero attached hydrogens (tertiary/aromatic N) is 2. The number of amides is 2. The highest BCUT2D eigenvalue weighted by Gasteiger charge is 2.27. The summed E-state index contributed by atoms with van der Waals surface area (Å²) in [5.74, 6) is 6.33. The molecule has 2 amide bonds. The lowest BCUT2D eigenvalue weighted by Gasteiger charge is -2.33. The van der Waals surface area contributed by atoms with Crippen molar-refractivity contribution in [1.29, 1.82) is 0 Å². The maximum absolute atomic E-state index is 12.5. The zero-order chi connectivity index (χ0) is 22.3. The first-order valence-electron chi connectivity index (χ1n) is 10.6. The molecule has 0 aliphatic carbocycles. The first kappa shape index (κ1) is 22.4. The summed E-state index contributed by atoms with van der Waals surface area (Å²) in [6, 6.07) is 13.1. The number of pyridine rings is 1. The van der Waals surface area contributed by atoms with Gasteiger partial charge in [-0.15, -0.1) is 0 Å². The lowest BCUT2D eigenvalue weighted by atomic mass is 9.93. The molecular weight excluding hydrogens is 390 g/mol. The first-order chi connectivity index (χ1) is 14.8. The van der Waals surface area contributed by atoms with Gasteiger partial charge < -0.3 is 15.0 Å². The number of anilines is 1. The number of benzene rings is 1. The van der Waals surface area contributed by atoms with E-state index in [9.17, 15) is 9.59 Å². The molecule has 31 heavy (non-hydrogen) atoms. The molecule has 0 atom stereocenters. The van der Waals surface area contributed by atoms with Crippen molar-refractivity contribution in [2.45, 2.75) is 45.6 Å². The second-order valence-electron chi connectivity index (χ2n) is 8.71. The smallest absolute Gasteiger partial charge is 0.410 e. The molecule has 162 valence electrons. The Bertz CT molecular complexity index is 963. The summed E-state index contributed by atoms with van der Waals surface area (Å²) >= 11 is 0. The second kappa shape index (κ2) is 10.1. The summed E-state index contributed by atoms with van der Waals surface area (Å²) in [6.45, 7) is 6.82. The number of carbonyl (C=O) groups excluding carboxylic acids is 2. The normalized spacial score (nSPS) is 14.4. The van der Waals surface area contributed by atoms with Crippen molar-refractivity contribution in [3.8, 4) is 11.8 Å². The van der Waals surface area contributed by atoms with Gasteiger partial charge in [0, 0.05) is 37.0 Å². The number of likely N-dealkylation sites (tertiary alicyclic amines) is 1. The average Bonchev–Trinajstić information content (AvgIpc) is 2.72. The van der Waals surface area contributed by atoms with E-state index in [0.717, 1.165) is 24.1 Å². The molecule has 2 aromatic rings. The SMILES string of the molecule is CC(C)(C)OC(=O)N1CCC(CC(=O)Nc2cccc(C#Cc3ccccn3)c2)CC1. The third kappa shape index (κ3) is 7.45. The molecule has 1 aliphatic rings. The van der Waals surface area contributed by atoms with Gasteiger partial charge in [0.05, 0.1) is 0 Å². The zero-order valence-electron chi connectivity index (χ0n) is 18.4. The van der Waals surface area contributed by atoms with E-state index in [-0.39, 0.29) is 17.9 Å². The Morgan fingerprint density at radius 3 is 2.58 bits per heavy atom. The van der Waals surface area contributed by atoms with Crippen LogP contribution in [0.15, 0.2) is 48.7 Å². The van der Waals surface area contributed by atoms with Crippen molar-refractivity contribution >= 4 is 17.7 Å². The van der Waals surface area contributed by atoms with E-state index in [0.29, 0.717) is 25.2 Å². The van der Waals surface area contributed by atoms with Crippen LogP contribution >= 0.6 is 0 Å². The number of hydrogen-bond donors (Lipinski definition) is 1. The molecule has 6 nitrogen and oxygen atoms in total. The Morgan fingerprint density at radius 2 is 1.90 bits per heavy atom. The standard InChI is InChI=1S/C25H29N3O3/c1-25(2,3)31-24(30)28-15-12-20(13-16-28)18-23(29)27-22-9-6-7-19(17-22)10-11-21-8-4-5-14-26-21/h4-9,14,17,20H,12-13,15-16,18H2,1-3H3,(H,27,29). The highest BCUT2D eigenvalue weighted by molar-refractivity contribution is 5.91. The molecule has 1 N–H and O–H groups in total. The fourth-order valence-corrected chi connectivity index (χ4v) is 3.37. The first-order valence-corrected chi connectivity index (χ1v) is 10.6.